The lowest BCUT2D eigenvalue weighted by atomic mass is 10.1. The Morgan fingerprint density at radius 1 is 1.22 bits per heavy atom. The zero-order chi connectivity index (χ0) is 17.1. The number of aromatic hydroxyl groups is 1. The molecule has 0 atom stereocenters. The number of rotatable bonds is 4. The topological polar surface area (TPSA) is 64.6 Å². The summed E-state index contributed by atoms with van der Waals surface area (Å²) in [5.41, 5.74) is 2.08. The molecule has 23 heavy (non-hydrogen) atoms. The van der Waals surface area contributed by atoms with Crippen LogP contribution in [0.5, 0.6) is 17.2 Å². The van der Waals surface area contributed by atoms with E-state index in [0.717, 1.165) is 11.4 Å². The SMILES string of the molecule is COc1ccc(O)c(OC)c1C=Cc1cc(C)n(C)c(=O)[n+]1C. The van der Waals surface area contributed by atoms with Crippen molar-refractivity contribution in [3.8, 4) is 17.2 Å². The maximum absolute atomic E-state index is 12.1. The van der Waals surface area contributed by atoms with Gasteiger partial charge < -0.3 is 14.6 Å². The van der Waals surface area contributed by atoms with Crippen LogP contribution in [0.25, 0.3) is 12.2 Å². The Labute approximate surface area is 134 Å². The predicted molar refractivity (Wildman–Crippen MR) is 87.7 cm³/mol. The van der Waals surface area contributed by atoms with Crippen LogP contribution in [-0.2, 0) is 14.1 Å². The van der Waals surface area contributed by atoms with Crippen molar-refractivity contribution >= 4 is 12.2 Å². The molecule has 0 aliphatic carbocycles. The molecular weight excluding hydrogens is 296 g/mol. The molecular formula is C17H21N2O4+. The summed E-state index contributed by atoms with van der Waals surface area (Å²) in [6.45, 7) is 1.87. The van der Waals surface area contributed by atoms with Gasteiger partial charge in [-0.3, -0.25) is 0 Å². The van der Waals surface area contributed by atoms with Gasteiger partial charge in [0.2, 0.25) is 0 Å². The average molecular weight is 317 g/mol. The Kier molecular flexibility index (Phi) is 4.74. The second-order valence-electron chi connectivity index (χ2n) is 5.18. The van der Waals surface area contributed by atoms with Crippen molar-refractivity contribution < 1.29 is 19.1 Å². The van der Waals surface area contributed by atoms with E-state index in [1.807, 2.05) is 13.0 Å². The third-order valence-electron chi connectivity index (χ3n) is 3.83. The van der Waals surface area contributed by atoms with Crippen molar-refractivity contribution in [2.24, 2.45) is 14.1 Å². The summed E-state index contributed by atoms with van der Waals surface area (Å²) in [5, 5.41) is 9.91. The van der Waals surface area contributed by atoms with Crippen LogP contribution in [0, 0.1) is 6.92 Å². The Balaban J connectivity index is 2.58. The minimum absolute atomic E-state index is 0.0254. The molecule has 0 amide bonds. The predicted octanol–water partition coefficient (Wildman–Crippen LogP) is 1.41. The molecule has 0 saturated carbocycles. The molecule has 0 unspecified atom stereocenters. The summed E-state index contributed by atoms with van der Waals surface area (Å²) < 4.78 is 13.7. The zero-order valence-electron chi connectivity index (χ0n) is 14.0. The molecule has 1 N–H and O–H groups in total. The van der Waals surface area contributed by atoms with Crippen molar-refractivity contribution in [2.75, 3.05) is 14.2 Å². The number of phenols is 1. The lowest BCUT2D eigenvalue weighted by Crippen LogP contribution is -2.53. The van der Waals surface area contributed by atoms with E-state index in [2.05, 4.69) is 0 Å². The first-order chi connectivity index (χ1) is 10.9. The summed E-state index contributed by atoms with van der Waals surface area (Å²) in [7, 11) is 6.46. The number of benzene rings is 1. The number of phenolic OH excluding ortho intramolecular Hbond substituents is 1. The van der Waals surface area contributed by atoms with Crippen molar-refractivity contribution in [3.05, 3.63) is 45.6 Å². The standard InChI is InChI=1S/C17H20N2O4/c1-11-10-12(19(3)17(21)18(11)2)6-7-13-15(22-4)9-8-14(20)16(13)23-5/h6-10H,1-5H3/p+1. The molecule has 0 spiro atoms. The van der Waals surface area contributed by atoms with Gasteiger partial charge in [0.25, 0.3) is 0 Å². The fraction of sp³-hybridized carbons (Fsp3) is 0.294. The largest absolute Gasteiger partial charge is 0.504 e. The number of aryl methyl sites for hydroxylation is 1. The van der Waals surface area contributed by atoms with Gasteiger partial charge >= 0.3 is 5.69 Å². The highest BCUT2D eigenvalue weighted by Crippen LogP contribution is 2.37. The monoisotopic (exact) mass is 317 g/mol. The zero-order valence-corrected chi connectivity index (χ0v) is 14.0. The van der Waals surface area contributed by atoms with Gasteiger partial charge in [0, 0.05) is 6.07 Å². The first kappa shape index (κ1) is 16.6. The van der Waals surface area contributed by atoms with Gasteiger partial charge in [-0.2, -0.15) is 13.9 Å². The highest BCUT2D eigenvalue weighted by Gasteiger charge is 2.14. The first-order valence-corrected chi connectivity index (χ1v) is 7.09. The Morgan fingerprint density at radius 2 is 1.91 bits per heavy atom. The molecule has 122 valence electrons. The normalized spacial score (nSPS) is 11.0. The number of hydrogen-bond acceptors (Lipinski definition) is 4. The van der Waals surface area contributed by atoms with E-state index in [1.54, 1.807) is 48.6 Å². The molecule has 2 rings (SSSR count). The highest BCUT2D eigenvalue weighted by molar-refractivity contribution is 5.76. The van der Waals surface area contributed by atoms with E-state index in [4.69, 9.17) is 9.47 Å². The van der Waals surface area contributed by atoms with E-state index in [-0.39, 0.29) is 11.4 Å². The van der Waals surface area contributed by atoms with Crippen LogP contribution in [0.15, 0.2) is 23.0 Å². The van der Waals surface area contributed by atoms with E-state index in [0.29, 0.717) is 17.1 Å². The molecule has 6 heteroatoms. The van der Waals surface area contributed by atoms with Crippen molar-refractivity contribution in [1.82, 2.24) is 4.57 Å². The highest BCUT2D eigenvalue weighted by atomic mass is 16.5. The number of methoxy groups -OCH3 is 2. The summed E-state index contributed by atoms with van der Waals surface area (Å²) in [6.07, 6.45) is 3.54. The fourth-order valence-electron chi connectivity index (χ4n) is 2.34. The van der Waals surface area contributed by atoms with Crippen LogP contribution in [0.2, 0.25) is 0 Å². The molecule has 0 radical (unpaired) electrons. The van der Waals surface area contributed by atoms with Gasteiger partial charge in [0.15, 0.2) is 11.5 Å². The van der Waals surface area contributed by atoms with Crippen LogP contribution in [-0.4, -0.2) is 23.9 Å². The molecule has 0 saturated heterocycles. The molecule has 0 bridgehead atoms. The summed E-state index contributed by atoms with van der Waals surface area (Å²) in [5.74, 6) is 0.917. The lowest BCUT2D eigenvalue weighted by Gasteiger charge is -2.11. The molecule has 1 aromatic heterocycles. The quantitative estimate of drug-likeness (QED) is 0.866. The van der Waals surface area contributed by atoms with Gasteiger partial charge in [0.05, 0.1) is 33.9 Å². The molecule has 1 heterocycles. The molecule has 0 aliphatic rings. The first-order valence-electron chi connectivity index (χ1n) is 7.09. The van der Waals surface area contributed by atoms with Crippen LogP contribution < -0.4 is 19.7 Å². The third-order valence-corrected chi connectivity index (χ3v) is 3.83. The average Bonchev–Trinajstić information content (AvgIpc) is 2.55. The number of hydrogen-bond donors (Lipinski definition) is 1. The van der Waals surface area contributed by atoms with E-state index >= 15 is 0 Å². The Hall–Kier alpha value is -2.76. The van der Waals surface area contributed by atoms with E-state index < -0.39 is 0 Å². The Bertz CT molecular complexity index is 822. The van der Waals surface area contributed by atoms with Gasteiger partial charge in [-0.15, -0.1) is 0 Å². The van der Waals surface area contributed by atoms with Crippen LogP contribution in [0.4, 0.5) is 0 Å². The fourth-order valence-corrected chi connectivity index (χ4v) is 2.34. The van der Waals surface area contributed by atoms with Gasteiger partial charge in [0.1, 0.15) is 17.1 Å². The van der Waals surface area contributed by atoms with Gasteiger partial charge in [-0.25, -0.2) is 0 Å². The minimum Gasteiger partial charge on any atom is -0.504 e. The summed E-state index contributed by atoms with van der Waals surface area (Å²) >= 11 is 0. The van der Waals surface area contributed by atoms with Crippen LogP contribution in [0.3, 0.4) is 0 Å². The maximum Gasteiger partial charge on any atom is 0.498 e. The Morgan fingerprint density at radius 3 is 2.52 bits per heavy atom. The van der Waals surface area contributed by atoms with Crippen LogP contribution in [0.1, 0.15) is 17.0 Å². The third kappa shape index (κ3) is 3.06. The summed E-state index contributed by atoms with van der Waals surface area (Å²) in [4.78, 5) is 12.1. The number of aromatic nitrogens is 2. The van der Waals surface area contributed by atoms with E-state index in [1.165, 1.54) is 13.2 Å². The molecule has 6 nitrogen and oxygen atoms in total. The smallest absolute Gasteiger partial charge is 0.498 e. The van der Waals surface area contributed by atoms with Gasteiger partial charge in [-0.1, -0.05) is 0 Å². The van der Waals surface area contributed by atoms with Gasteiger partial charge in [-0.05, 0) is 31.2 Å². The molecule has 2 aromatic rings. The summed E-state index contributed by atoms with van der Waals surface area (Å²) in [6, 6.07) is 5.07. The van der Waals surface area contributed by atoms with Crippen molar-refractivity contribution in [2.45, 2.75) is 6.92 Å². The molecule has 0 aliphatic heterocycles. The second-order valence-corrected chi connectivity index (χ2v) is 5.18. The van der Waals surface area contributed by atoms with Crippen molar-refractivity contribution in [1.29, 1.82) is 0 Å². The number of ether oxygens (including phenoxy) is 2. The number of nitrogens with zero attached hydrogens (tertiary/aromatic N) is 2. The molecule has 0 fully saturated rings. The minimum atomic E-state index is -0.112. The van der Waals surface area contributed by atoms with Crippen LogP contribution >= 0.6 is 0 Å². The van der Waals surface area contributed by atoms with Crippen molar-refractivity contribution in [3.63, 3.8) is 0 Å². The maximum atomic E-state index is 12.1. The van der Waals surface area contributed by atoms with E-state index in [9.17, 15) is 9.90 Å². The second kappa shape index (κ2) is 6.56. The lowest BCUT2D eigenvalue weighted by molar-refractivity contribution is -0.692. The molecule has 1 aromatic carbocycles.